The maximum Gasteiger partial charge on any atom is 0.472 e. The molecule has 0 spiro atoms. The van der Waals surface area contributed by atoms with E-state index in [2.05, 4.69) is 48.5 Å². The Labute approximate surface area is 556 Å². The average Bonchev–Trinajstić information content (AvgIpc) is 3.53. The van der Waals surface area contributed by atoms with Crippen LogP contribution in [0.3, 0.4) is 0 Å². The molecule has 0 aromatic rings. The van der Waals surface area contributed by atoms with Gasteiger partial charge in [0.25, 0.3) is 0 Å². The number of unbranched alkanes of at least 4 members (excludes halogenated alkanes) is 38. The first-order chi connectivity index (χ1) is 43.7. The number of aliphatic hydroxyl groups is 1. The summed E-state index contributed by atoms with van der Waals surface area (Å²) in [5.74, 6) is 0.0920. The summed E-state index contributed by atoms with van der Waals surface area (Å²) in [5.41, 5.74) is 0. The molecule has 5 atom stereocenters. The van der Waals surface area contributed by atoms with Gasteiger partial charge in [0.2, 0.25) is 0 Å². The molecule has 0 heterocycles. The predicted octanol–water partition coefficient (Wildman–Crippen LogP) is 20.6. The Kier molecular flexibility index (Phi) is 61.5. The second kappa shape index (κ2) is 62.8. The highest BCUT2D eigenvalue weighted by Crippen LogP contribution is 2.45. The van der Waals surface area contributed by atoms with Crippen molar-refractivity contribution < 1.29 is 80.2 Å². The molecule has 0 aliphatic carbocycles. The van der Waals surface area contributed by atoms with Crippen LogP contribution < -0.4 is 0 Å². The summed E-state index contributed by atoms with van der Waals surface area (Å²) in [5, 5.41) is 10.6. The lowest BCUT2D eigenvalue weighted by Crippen LogP contribution is -2.30. The minimum Gasteiger partial charge on any atom is -0.462 e. The zero-order valence-electron chi connectivity index (χ0n) is 59.3. The molecule has 540 valence electrons. The third-order valence-electron chi connectivity index (χ3n) is 16.6. The maximum atomic E-state index is 13.0. The number of phosphoric ester groups is 2. The van der Waals surface area contributed by atoms with Gasteiger partial charge in [0.1, 0.15) is 19.3 Å². The number of rotatable bonds is 70. The van der Waals surface area contributed by atoms with Crippen molar-refractivity contribution in [2.75, 3.05) is 39.6 Å². The fourth-order valence-electron chi connectivity index (χ4n) is 10.9. The number of aliphatic hydroxyl groups excluding tert-OH is 1. The molecule has 91 heavy (non-hydrogen) atoms. The second-order valence-electron chi connectivity index (χ2n) is 27.4. The summed E-state index contributed by atoms with van der Waals surface area (Å²) in [6.07, 6.45) is 47.2. The standard InChI is InChI=1S/C72H140O17P2/c1-8-9-10-11-12-13-14-15-16-21-27-32-41-48-55-71(76)89-68(60-83-70(75)54-47-40-35-34-38-45-52-65(6)7)62-87-91(80,81)85-58-66(73)57-84-90(78,79)86-61-67(88-72(77)56-49-42-33-28-23-18-20-25-30-37-44-51-64(4)5)59-82-69(74)53-46-39-31-26-22-17-19-24-29-36-43-50-63(2)3/h63-68,73H,8-62H2,1-7H3,(H,78,79)(H,80,81)/t66-,67-,68-/m1/s1. The molecule has 0 amide bonds. The van der Waals surface area contributed by atoms with Gasteiger partial charge in [-0.05, 0) is 43.4 Å². The molecule has 0 radical (unpaired) electrons. The Balaban J connectivity index is 5.25. The van der Waals surface area contributed by atoms with Gasteiger partial charge in [-0.2, -0.15) is 0 Å². The topological polar surface area (TPSA) is 237 Å². The van der Waals surface area contributed by atoms with Crippen LogP contribution in [0.4, 0.5) is 0 Å². The number of carbonyl (C=O) groups is 4. The van der Waals surface area contributed by atoms with E-state index in [1.165, 1.54) is 167 Å². The normalized spacial score (nSPS) is 14.2. The van der Waals surface area contributed by atoms with Crippen LogP contribution in [0.2, 0.25) is 0 Å². The largest absolute Gasteiger partial charge is 0.472 e. The predicted molar refractivity (Wildman–Crippen MR) is 368 cm³/mol. The Hall–Kier alpha value is -1.94. The van der Waals surface area contributed by atoms with Crippen LogP contribution in [0.15, 0.2) is 0 Å². The van der Waals surface area contributed by atoms with Crippen molar-refractivity contribution in [2.45, 2.75) is 381 Å². The van der Waals surface area contributed by atoms with Gasteiger partial charge >= 0.3 is 39.5 Å². The lowest BCUT2D eigenvalue weighted by Gasteiger charge is -2.21. The van der Waals surface area contributed by atoms with Crippen LogP contribution in [0.25, 0.3) is 0 Å². The zero-order chi connectivity index (χ0) is 67.3. The number of carbonyl (C=O) groups excluding carboxylic acids is 4. The first-order valence-corrected chi connectivity index (χ1v) is 40.3. The van der Waals surface area contributed by atoms with Gasteiger partial charge in [-0.15, -0.1) is 0 Å². The van der Waals surface area contributed by atoms with Crippen LogP contribution in [0, 0.1) is 17.8 Å². The molecule has 17 nitrogen and oxygen atoms in total. The molecule has 0 aromatic carbocycles. The van der Waals surface area contributed by atoms with Gasteiger partial charge in [0.15, 0.2) is 12.2 Å². The molecule has 19 heteroatoms. The first kappa shape index (κ1) is 89.1. The molecular weight excluding hydrogens is 1200 g/mol. The fraction of sp³-hybridized carbons (Fsp3) is 0.944. The summed E-state index contributed by atoms with van der Waals surface area (Å²) in [6, 6.07) is 0. The van der Waals surface area contributed by atoms with E-state index in [4.69, 9.17) is 37.0 Å². The number of ether oxygens (including phenoxy) is 4. The fourth-order valence-corrected chi connectivity index (χ4v) is 12.5. The van der Waals surface area contributed by atoms with E-state index in [0.717, 1.165) is 108 Å². The van der Waals surface area contributed by atoms with Gasteiger partial charge in [-0.1, -0.05) is 312 Å². The van der Waals surface area contributed by atoms with Crippen molar-refractivity contribution in [2.24, 2.45) is 17.8 Å². The van der Waals surface area contributed by atoms with E-state index in [1.807, 2.05) is 0 Å². The lowest BCUT2D eigenvalue weighted by atomic mass is 10.0. The number of hydrogen-bond donors (Lipinski definition) is 3. The van der Waals surface area contributed by atoms with Crippen molar-refractivity contribution >= 4 is 39.5 Å². The minimum absolute atomic E-state index is 0.106. The van der Waals surface area contributed by atoms with E-state index in [1.54, 1.807) is 0 Å². The minimum atomic E-state index is -4.95. The third kappa shape index (κ3) is 66.5. The molecule has 0 saturated carbocycles. The molecule has 0 saturated heterocycles. The highest BCUT2D eigenvalue weighted by Gasteiger charge is 2.30. The van der Waals surface area contributed by atoms with Crippen molar-refractivity contribution in [3.05, 3.63) is 0 Å². The van der Waals surface area contributed by atoms with Crippen molar-refractivity contribution in [1.29, 1.82) is 0 Å². The van der Waals surface area contributed by atoms with Gasteiger partial charge < -0.3 is 33.8 Å². The highest BCUT2D eigenvalue weighted by molar-refractivity contribution is 7.47. The van der Waals surface area contributed by atoms with Crippen LogP contribution in [0.1, 0.15) is 363 Å². The quantitative estimate of drug-likeness (QED) is 0.0222. The highest BCUT2D eigenvalue weighted by atomic mass is 31.2. The Morgan fingerprint density at radius 2 is 0.505 bits per heavy atom. The zero-order valence-corrected chi connectivity index (χ0v) is 61.1. The van der Waals surface area contributed by atoms with Gasteiger partial charge in [0.05, 0.1) is 26.4 Å². The SMILES string of the molecule is CCCCCCCCCCCCCCCCC(=O)O[C@H](COC(=O)CCCCCCCCC(C)C)COP(=O)(O)OC[C@H](O)COP(=O)(O)OC[C@@H](COC(=O)CCCCCCCCCCCCCC(C)C)OC(=O)CCCCCCCCCCCCCC(C)C. The van der Waals surface area contributed by atoms with E-state index in [-0.39, 0.29) is 25.7 Å². The summed E-state index contributed by atoms with van der Waals surface area (Å²) in [6.45, 7) is 11.8. The Bertz CT molecular complexity index is 1780. The van der Waals surface area contributed by atoms with Gasteiger partial charge in [-0.25, -0.2) is 9.13 Å². The van der Waals surface area contributed by atoms with Crippen molar-refractivity contribution in [1.82, 2.24) is 0 Å². The third-order valence-corrected chi connectivity index (χ3v) is 18.5. The monoisotopic (exact) mass is 1340 g/mol. The Morgan fingerprint density at radius 3 is 0.747 bits per heavy atom. The number of hydrogen-bond acceptors (Lipinski definition) is 15. The van der Waals surface area contributed by atoms with Crippen LogP contribution in [0.5, 0.6) is 0 Å². The van der Waals surface area contributed by atoms with Crippen LogP contribution in [-0.2, 0) is 65.4 Å². The smallest absolute Gasteiger partial charge is 0.462 e. The van der Waals surface area contributed by atoms with E-state index < -0.39 is 97.5 Å². The van der Waals surface area contributed by atoms with Crippen molar-refractivity contribution in [3.63, 3.8) is 0 Å². The van der Waals surface area contributed by atoms with Crippen molar-refractivity contribution in [3.8, 4) is 0 Å². The summed E-state index contributed by atoms with van der Waals surface area (Å²) in [4.78, 5) is 72.6. The molecule has 3 N–H and O–H groups in total. The molecule has 0 fully saturated rings. The Morgan fingerprint density at radius 1 is 0.297 bits per heavy atom. The number of esters is 4. The number of phosphoric acid groups is 2. The van der Waals surface area contributed by atoms with E-state index >= 15 is 0 Å². The average molecular weight is 1340 g/mol. The lowest BCUT2D eigenvalue weighted by molar-refractivity contribution is -0.161. The molecular formula is C72H140O17P2. The second-order valence-corrected chi connectivity index (χ2v) is 30.3. The van der Waals surface area contributed by atoms with Crippen LogP contribution in [-0.4, -0.2) is 96.7 Å². The molecule has 0 aromatic heterocycles. The molecule has 0 bridgehead atoms. The first-order valence-electron chi connectivity index (χ1n) is 37.3. The van der Waals surface area contributed by atoms with Gasteiger partial charge in [-0.3, -0.25) is 37.3 Å². The van der Waals surface area contributed by atoms with Gasteiger partial charge in [0, 0.05) is 25.7 Å². The summed E-state index contributed by atoms with van der Waals surface area (Å²) in [7, 11) is -9.90. The van der Waals surface area contributed by atoms with E-state index in [9.17, 15) is 43.2 Å². The molecule has 0 rings (SSSR count). The summed E-state index contributed by atoms with van der Waals surface area (Å²) >= 11 is 0. The van der Waals surface area contributed by atoms with E-state index in [0.29, 0.717) is 31.6 Å². The molecule has 2 unspecified atom stereocenters. The van der Waals surface area contributed by atoms with Crippen LogP contribution >= 0.6 is 15.6 Å². The maximum absolute atomic E-state index is 13.0. The molecule has 0 aliphatic rings. The molecule has 0 aliphatic heterocycles. The summed E-state index contributed by atoms with van der Waals surface area (Å²) < 4.78 is 68.4.